The van der Waals surface area contributed by atoms with Crippen molar-refractivity contribution in [2.24, 2.45) is 16.7 Å². The van der Waals surface area contributed by atoms with Gasteiger partial charge >= 0.3 is 23.9 Å². The Morgan fingerprint density at radius 2 is 1.39 bits per heavy atom. The Morgan fingerprint density at radius 1 is 0.826 bits per heavy atom. The molecule has 7 rings (SSSR count). The maximum absolute atomic E-state index is 15.8. The zero-order valence-electron chi connectivity index (χ0n) is 41.2. The Kier molecular flexibility index (Phi) is 13.9. The number of carbonyl (C=O) groups excluding carboxylic acids is 6. The molecular weight excluding hydrogens is 903 g/mol. The van der Waals surface area contributed by atoms with Crippen LogP contribution in [0.5, 0.6) is 0 Å². The Bertz CT molecular complexity index is 2510. The van der Waals surface area contributed by atoms with E-state index in [0.29, 0.717) is 11.1 Å². The summed E-state index contributed by atoms with van der Waals surface area (Å²) in [6, 6.07) is 24.2. The standard InChI is InChI=1S/C53H65NO14Si/c1-30-36(65-48(61)42(68-69(10,11)49(4,5)6)40(33-21-15-12-16-22-33)54-46(59)34-23-17-13-18-24-34)28-53(62)45(66-47(60)35-25-19-14-20-26-35)43-51(9,37(57)27-38-52(43,29-63-38)67-32(3)56)44(58)41(64-31(2)55)39(30)50(53,7)8/h12-26,36-38,40-43,45,57,62H,27-29H2,1-11H3,(H,54,59)/t36-,37-,38+,40-,41+,42+,43?,45-,51+,52-,53+/m0/s1. The van der Waals surface area contributed by atoms with Crippen molar-refractivity contribution in [1.29, 1.82) is 0 Å². The number of rotatable bonds is 12. The average molecular weight is 968 g/mol. The molecule has 2 saturated carbocycles. The zero-order valence-corrected chi connectivity index (χ0v) is 42.2. The Morgan fingerprint density at radius 3 is 1.91 bits per heavy atom. The first kappa shape index (κ1) is 51.3. The topological polar surface area (TPSA) is 210 Å². The number of carbonyl (C=O) groups is 6. The maximum atomic E-state index is 15.8. The van der Waals surface area contributed by atoms with Crippen LogP contribution in [0, 0.1) is 16.7 Å². The molecule has 0 radical (unpaired) electrons. The molecule has 3 aromatic carbocycles. The summed E-state index contributed by atoms with van der Waals surface area (Å²) in [6.45, 7) is 18.2. The van der Waals surface area contributed by atoms with Crippen LogP contribution in [-0.2, 0) is 47.3 Å². The largest absolute Gasteiger partial charge is 0.456 e. The molecule has 3 N–H and O–H groups in total. The van der Waals surface area contributed by atoms with Gasteiger partial charge in [-0.05, 0) is 73.0 Å². The van der Waals surface area contributed by atoms with Crippen LogP contribution in [0.2, 0.25) is 18.1 Å². The summed E-state index contributed by atoms with van der Waals surface area (Å²) in [5.74, 6) is -6.32. The van der Waals surface area contributed by atoms with Crippen LogP contribution in [0.3, 0.4) is 0 Å². The molecule has 1 aliphatic heterocycles. The predicted molar refractivity (Wildman–Crippen MR) is 254 cm³/mol. The molecule has 3 fully saturated rings. The van der Waals surface area contributed by atoms with E-state index in [1.54, 1.807) is 99.6 Å². The van der Waals surface area contributed by atoms with Crippen LogP contribution in [0.15, 0.2) is 102 Å². The lowest BCUT2D eigenvalue weighted by Gasteiger charge is -2.67. The van der Waals surface area contributed by atoms with Gasteiger partial charge in [0, 0.05) is 37.7 Å². The van der Waals surface area contributed by atoms with Crippen molar-refractivity contribution < 1.29 is 67.1 Å². The van der Waals surface area contributed by atoms with E-state index in [0.717, 1.165) is 6.92 Å². The number of esters is 4. The van der Waals surface area contributed by atoms with E-state index in [9.17, 15) is 29.4 Å². The molecule has 16 heteroatoms. The van der Waals surface area contributed by atoms with E-state index in [1.165, 1.54) is 26.0 Å². The van der Waals surface area contributed by atoms with Crippen LogP contribution >= 0.6 is 0 Å². The number of hydrogen-bond donors (Lipinski definition) is 3. The van der Waals surface area contributed by atoms with Crippen molar-refractivity contribution in [3.05, 3.63) is 119 Å². The molecule has 4 aliphatic rings. The number of nitrogens with one attached hydrogen (secondary N) is 1. The summed E-state index contributed by atoms with van der Waals surface area (Å²) < 4.78 is 38.2. The van der Waals surface area contributed by atoms with Gasteiger partial charge in [0.15, 0.2) is 31.9 Å². The summed E-state index contributed by atoms with van der Waals surface area (Å²) in [7, 11) is -2.93. The third-order valence-corrected chi connectivity index (χ3v) is 20.1. The van der Waals surface area contributed by atoms with Crippen molar-refractivity contribution in [3.63, 3.8) is 0 Å². The third kappa shape index (κ3) is 8.98. The van der Waals surface area contributed by atoms with E-state index in [1.807, 2.05) is 33.9 Å². The molecule has 1 amide bonds. The van der Waals surface area contributed by atoms with Crippen LogP contribution in [-0.4, -0.2) is 109 Å². The third-order valence-electron chi connectivity index (χ3n) is 15.7. The molecular formula is C53H65NO14Si. The van der Waals surface area contributed by atoms with Gasteiger partial charge in [0.05, 0.1) is 35.6 Å². The lowest BCUT2D eigenvalue weighted by Crippen LogP contribution is -2.82. The maximum Gasteiger partial charge on any atom is 0.338 e. The monoisotopic (exact) mass is 967 g/mol. The second-order valence-electron chi connectivity index (χ2n) is 21.2. The molecule has 0 aromatic heterocycles. The first-order chi connectivity index (χ1) is 32.2. The summed E-state index contributed by atoms with van der Waals surface area (Å²) in [5, 5.41) is 28.8. The second-order valence-corrected chi connectivity index (χ2v) is 26.0. The minimum Gasteiger partial charge on any atom is -0.456 e. The molecule has 1 heterocycles. The van der Waals surface area contributed by atoms with Gasteiger partial charge in [0.25, 0.3) is 5.91 Å². The molecule has 0 spiro atoms. The summed E-state index contributed by atoms with van der Waals surface area (Å²) in [6.07, 6.45) is -9.79. The molecule has 3 aliphatic carbocycles. The van der Waals surface area contributed by atoms with Crippen molar-refractivity contribution in [1.82, 2.24) is 5.32 Å². The number of ketones is 1. The van der Waals surface area contributed by atoms with Gasteiger partial charge in [-0.25, -0.2) is 9.59 Å². The van der Waals surface area contributed by atoms with Crippen molar-refractivity contribution in [2.45, 2.75) is 147 Å². The summed E-state index contributed by atoms with van der Waals surface area (Å²) in [5.41, 5.74) is -6.59. The second kappa shape index (κ2) is 18.7. The van der Waals surface area contributed by atoms with Gasteiger partial charge < -0.3 is 43.6 Å². The highest BCUT2D eigenvalue weighted by Gasteiger charge is 2.78. The number of aliphatic hydroxyl groups is 2. The lowest BCUT2D eigenvalue weighted by molar-refractivity contribution is -0.346. The SMILES string of the molecule is CC(=O)O[C@H]1C(=O)[C@@]2(C)C([C@H](OC(=O)c3ccccc3)[C@]3(O)C[C@H](OC(=O)[C@H](O[Si](C)(C)C(C)(C)C)[C@@H](NC(=O)c4ccccc4)c4ccccc4)C(C)=C1C3(C)C)[C@]1(OC(C)=O)CO[C@@H]1C[C@@H]2O. The number of fused-ring (bicyclic) bond motifs is 5. The van der Waals surface area contributed by atoms with E-state index in [2.05, 4.69) is 5.32 Å². The average Bonchev–Trinajstić information content (AvgIpc) is 3.28. The number of amides is 1. The summed E-state index contributed by atoms with van der Waals surface area (Å²) in [4.78, 5) is 86.2. The first-order valence-electron chi connectivity index (χ1n) is 23.4. The fourth-order valence-corrected chi connectivity index (χ4v) is 12.0. The first-order valence-corrected chi connectivity index (χ1v) is 26.3. The Labute approximate surface area is 404 Å². The van der Waals surface area contributed by atoms with E-state index in [4.69, 9.17) is 28.1 Å². The van der Waals surface area contributed by atoms with Crippen LogP contribution in [0.1, 0.15) is 107 Å². The highest BCUT2D eigenvalue weighted by Crippen LogP contribution is 2.64. The van der Waals surface area contributed by atoms with Gasteiger partial charge in [-0.2, -0.15) is 0 Å². The van der Waals surface area contributed by atoms with Gasteiger partial charge in [-0.3, -0.25) is 19.2 Å². The number of aliphatic hydroxyl groups excluding tert-OH is 1. The fourth-order valence-electron chi connectivity index (χ4n) is 10.8. The molecule has 3 aromatic rings. The van der Waals surface area contributed by atoms with E-state index in [-0.39, 0.29) is 29.7 Å². The normalized spacial score (nSPS) is 30.4. The van der Waals surface area contributed by atoms with Crippen molar-refractivity contribution in [2.75, 3.05) is 6.61 Å². The molecule has 2 bridgehead atoms. The van der Waals surface area contributed by atoms with Crippen molar-refractivity contribution in [3.8, 4) is 0 Å². The van der Waals surface area contributed by atoms with E-state index < -0.39 is 126 Å². The number of Topliss-reactive ketones (excluding diaryl/α,β-unsaturated/α-hetero) is 1. The summed E-state index contributed by atoms with van der Waals surface area (Å²) >= 11 is 0. The van der Waals surface area contributed by atoms with Gasteiger partial charge in [0.2, 0.25) is 0 Å². The molecule has 1 unspecified atom stereocenters. The predicted octanol–water partition coefficient (Wildman–Crippen LogP) is 6.77. The van der Waals surface area contributed by atoms with Crippen LogP contribution in [0.4, 0.5) is 0 Å². The molecule has 15 nitrogen and oxygen atoms in total. The van der Waals surface area contributed by atoms with Gasteiger partial charge in [-0.1, -0.05) is 101 Å². The number of hydrogen-bond acceptors (Lipinski definition) is 14. The van der Waals surface area contributed by atoms with Crippen LogP contribution < -0.4 is 5.32 Å². The zero-order chi connectivity index (χ0) is 50.6. The number of benzene rings is 3. The van der Waals surface area contributed by atoms with E-state index >= 15 is 9.59 Å². The Hall–Kier alpha value is -5.52. The highest BCUT2D eigenvalue weighted by atomic mass is 28.4. The lowest BCUT2D eigenvalue weighted by atomic mass is 9.44. The highest BCUT2D eigenvalue weighted by molar-refractivity contribution is 6.74. The molecule has 1 saturated heterocycles. The molecule has 370 valence electrons. The number of ether oxygens (including phenoxy) is 5. The van der Waals surface area contributed by atoms with Crippen LogP contribution in [0.25, 0.3) is 0 Å². The smallest absolute Gasteiger partial charge is 0.338 e. The minimum absolute atomic E-state index is 0.0502. The molecule has 11 atom stereocenters. The fraction of sp³-hybridized carbons (Fsp3) is 0.509. The quantitative estimate of drug-likeness (QED) is 0.0741. The molecule has 69 heavy (non-hydrogen) atoms. The van der Waals surface area contributed by atoms with Crippen molar-refractivity contribution >= 4 is 43.9 Å². The minimum atomic E-state index is -2.93. The Balaban J connectivity index is 1.44. The van der Waals surface area contributed by atoms with Gasteiger partial charge in [-0.15, -0.1) is 0 Å². The van der Waals surface area contributed by atoms with Gasteiger partial charge in [0.1, 0.15) is 23.9 Å².